The molecule has 204 valence electrons. The van der Waals surface area contributed by atoms with Gasteiger partial charge in [-0.2, -0.15) is 13.2 Å². The number of likely N-dealkylation sites (N-methyl/N-ethyl adjacent to an activating group) is 1. The molecule has 0 saturated heterocycles. The molecule has 0 aliphatic rings. The van der Waals surface area contributed by atoms with Gasteiger partial charge in [-0.05, 0) is 61.0 Å². The third kappa shape index (κ3) is 8.03. The summed E-state index contributed by atoms with van der Waals surface area (Å²) in [6.07, 6.45) is -4.07. The van der Waals surface area contributed by atoms with Crippen molar-refractivity contribution in [3.05, 3.63) is 60.9 Å². The van der Waals surface area contributed by atoms with Crippen LogP contribution in [0.2, 0.25) is 0 Å². The minimum atomic E-state index is -5.35. The van der Waals surface area contributed by atoms with E-state index in [0.717, 1.165) is 30.1 Å². The third-order valence-corrected chi connectivity index (χ3v) is 6.39. The van der Waals surface area contributed by atoms with Crippen LogP contribution in [0.5, 0.6) is 5.75 Å². The quantitative estimate of drug-likeness (QED) is 0.340. The number of carbonyl (C=O) groups is 1. The lowest BCUT2D eigenvalue weighted by atomic mass is 10.3. The smallest absolute Gasteiger partial charge is 0.492 e. The standard InChI is InChI=1S/C23H25F3N6O5S/c1-31(2)11-12-36-18-9-7-16(8-10-18)29-20-14-21(28-15-27-20)30-17-5-4-6-19(13-17)38(34,35)32(3)37-22(33)23(24,25)26/h4-10,13-15H,11-12H2,1-3H3,(H2,27,28,29,30). The van der Waals surface area contributed by atoms with Gasteiger partial charge < -0.3 is 25.1 Å². The lowest BCUT2D eigenvalue weighted by molar-refractivity contribution is -0.219. The molecule has 2 N–H and O–H groups in total. The minimum absolute atomic E-state index is 0.146. The van der Waals surface area contributed by atoms with Crippen LogP contribution in [0.3, 0.4) is 0 Å². The van der Waals surface area contributed by atoms with Gasteiger partial charge in [-0.3, -0.25) is 0 Å². The SMILES string of the molecule is CN(C)CCOc1ccc(Nc2cc(Nc3cccc(S(=O)(=O)N(C)OC(=O)C(F)(F)F)c3)ncn2)cc1. The number of hydrogen-bond acceptors (Lipinski definition) is 10. The Hall–Kier alpha value is -3.95. The second kappa shape index (κ2) is 12.1. The predicted molar refractivity (Wildman–Crippen MR) is 133 cm³/mol. The van der Waals surface area contributed by atoms with Crippen LogP contribution in [0, 0.1) is 0 Å². The molecule has 0 aliphatic heterocycles. The highest BCUT2D eigenvalue weighted by molar-refractivity contribution is 7.89. The van der Waals surface area contributed by atoms with Crippen molar-refractivity contribution in [1.29, 1.82) is 0 Å². The van der Waals surface area contributed by atoms with Crippen molar-refractivity contribution >= 4 is 39.0 Å². The van der Waals surface area contributed by atoms with Crippen LogP contribution in [0.4, 0.5) is 36.2 Å². The molecule has 0 fully saturated rings. The average Bonchev–Trinajstić information content (AvgIpc) is 2.84. The number of ether oxygens (including phenoxy) is 1. The molecule has 3 aromatic rings. The Labute approximate surface area is 217 Å². The molecule has 1 heterocycles. The van der Waals surface area contributed by atoms with Gasteiger partial charge in [-0.25, -0.2) is 23.2 Å². The molecule has 38 heavy (non-hydrogen) atoms. The van der Waals surface area contributed by atoms with Gasteiger partial charge in [-0.1, -0.05) is 6.07 Å². The molecule has 0 atom stereocenters. The summed E-state index contributed by atoms with van der Waals surface area (Å²) in [6.45, 7) is 1.34. The first-order chi connectivity index (χ1) is 17.8. The molecule has 0 aliphatic carbocycles. The van der Waals surface area contributed by atoms with Crippen molar-refractivity contribution in [2.24, 2.45) is 0 Å². The Balaban J connectivity index is 1.67. The largest absolute Gasteiger partial charge is 0.492 e. The molecular formula is C23H25F3N6O5S. The first-order valence-corrected chi connectivity index (χ1v) is 12.4. The zero-order chi connectivity index (χ0) is 27.9. The second-order valence-electron chi connectivity index (χ2n) is 8.03. The summed E-state index contributed by atoms with van der Waals surface area (Å²) < 4.78 is 68.0. The lowest BCUT2D eigenvalue weighted by Gasteiger charge is -2.17. The fraction of sp³-hybridized carbons (Fsp3) is 0.261. The van der Waals surface area contributed by atoms with E-state index in [-0.39, 0.29) is 10.2 Å². The summed E-state index contributed by atoms with van der Waals surface area (Å²) in [7, 11) is 0.0207. The third-order valence-electron chi connectivity index (χ3n) is 4.79. The number of sulfonamides is 1. The zero-order valence-electron chi connectivity index (χ0n) is 20.6. The lowest BCUT2D eigenvalue weighted by Crippen LogP contribution is -2.36. The summed E-state index contributed by atoms with van der Waals surface area (Å²) in [5.41, 5.74) is 0.990. The Morgan fingerprint density at radius 3 is 2.18 bits per heavy atom. The highest BCUT2D eigenvalue weighted by Crippen LogP contribution is 2.25. The van der Waals surface area contributed by atoms with Gasteiger partial charge in [0.05, 0.1) is 4.90 Å². The van der Waals surface area contributed by atoms with E-state index in [1.165, 1.54) is 18.5 Å². The summed E-state index contributed by atoms with van der Waals surface area (Å²) in [4.78, 5) is 24.8. The second-order valence-corrected chi connectivity index (χ2v) is 9.97. The maximum Gasteiger partial charge on any atom is 0.492 e. The minimum Gasteiger partial charge on any atom is -0.492 e. The molecule has 3 rings (SSSR count). The molecule has 0 radical (unpaired) electrons. The number of benzene rings is 2. The highest BCUT2D eigenvalue weighted by Gasteiger charge is 2.43. The maximum atomic E-state index is 12.6. The van der Waals surface area contributed by atoms with Crippen molar-refractivity contribution in [2.75, 3.05) is 44.9 Å². The summed E-state index contributed by atoms with van der Waals surface area (Å²) in [6, 6.07) is 14.0. The zero-order valence-corrected chi connectivity index (χ0v) is 21.4. The Morgan fingerprint density at radius 2 is 1.58 bits per heavy atom. The van der Waals surface area contributed by atoms with E-state index < -0.39 is 27.1 Å². The van der Waals surface area contributed by atoms with Gasteiger partial charge >= 0.3 is 12.1 Å². The van der Waals surface area contributed by atoms with Gasteiger partial charge in [0.15, 0.2) is 0 Å². The van der Waals surface area contributed by atoms with Crippen LogP contribution >= 0.6 is 0 Å². The molecule has 2 aromatic carbocycles. The Bertz CT molecular complexity index is 1350. The van der Waals surface area contributed by atoms with E-state index in [1.54, 1.807) is 6.07 Å². The molecule has 0 amide bonds. The highest BCUT2D eigenvalue weighted by atomic mass is 32.2. The van der Waals surface area contributed by atoms with Gasteiger partial charge in [-0.15, -0.1) is 0 Å². The number of nitrogens with zero attached hydrogens (tertiary/aromatic N) is 4. The Morgan fingerprint density at radius 1 is 0.947 bits per heavy atom. The van der Waals surface area contributed by atoms with Crippen molar-refractivity contribution in [3.63, 3.8) is 0 Å². The number of hydrogen-bond donors (Lipinski definition) is 2. The number of nitrogens with one attached hydrogen (secondary N) is 2. The summed E-state index contributed by atoms with van der Waals surface area (Å²) in [5, 5.41) is 6.02. The number of rotatable bonds is 11. The molecule has 1 aromatic heterocycles. The van der Waals surface area contributed by atoms with Crippen molar-refractivity contribution in [1.82, 2.24) is 19.3 Å². The molecule has 0 bridgehead atoms. The van der Waals surface area contributed by atoms with E-state index in [2.05, 4.69) is 25.4 Å². The monoisotopic (exact) mass is 554 g/mol. The number of hydroxylamine groups is 1. The molecule has 0 spiro atoms. The normalized spacial score (nSPS) is 11.9. The molecule has 0 unspecified atom stereocenters. The van der Waals surface area contributed by atoms with E-state index in [4.69, 9.17) is 4.74 Å². The van der Waals surface area contributed by atoms with E-state index in [9.17, 15) is 26.4 Å². The first kappa shape index (κ1) is 28.6. The summed E-state index contributed by atoms with van der Waals surface area (Å²) >= 11 is 0. The van der Waals surface area contributed by atoms with Crippen LogP contribution in [0.25, 0.3) is 0 Å². The van der Waals surface area contributed by atoms with Crippen LogP contribution in [-0.4, -0.2) is 74.2 Å². The van der Waals surface area contributed by atoms with Gasteiger partial charge in [0, 0.05) is 31.0 Å². The van der Waals surface area contributed by atoms with Crippen LogP contribution in [0.15, 0.2) is 65.8 Å². The van der Waals surface area contributed by atoms with E-state index >= 15 is 0 Å². The fourth-order valence-electron chi connectivity index (χ4n) is 2.87. The van der Waals surface area contributed by atoms with E-state index in [0.29, 0.717) is 25.3 Å². The number of halogens is 3. The van der Waals surface area contributed by atoms with Crippen molar-refractivity contribution in [2.45, 2.75) is 11.1 Å². The van der Waals surface area contributed by atoms with Gasteiger partial charge in [0.1, 0.15) is 30.3 Å². The average molecular weight is 555 g/mol. The number of carbonyl (C=O) groups excluding carboxylic acids is 1. The van der Waals surface area contributed by atoms with Crippen molar-refractivity contribution in [3.8, 4) is 5.75 Å². The van der Waals surface area contributed by atoms with Gasteiger partial charge in [0.25, 0.3) is 10.0 Å². The number of anilines is 4. The maximum absolute atomic E-state index is 12.6. The van der Waals surface area contributed by atoms with Crippen LogP contribution < -0.4 is 15.4 Å². The van der Waals surface area contributed by atoms with Gasteiger partial charge in [0.2, 0.25) is 0 Å². The molecule has 0 saturated carbocycles. The first-order valence-electron chi connectivity index (χ1n) is 11.0. The molecule has 15 heteroatoms. The predicted octanol–water partition coefficient (Wildman–Crippen LogP) is 3.55. The van der Waals surface area contributed by atoms with E-state index in [1.807, 2.05) is 43.3 Å². The number of alkyl halides is 3. The number of aromatic nitrogens is 2. The topological polar surface area (TPSA) is 126 Å². The van der Waals surface area contributed by atoms with Crippen LogP contribution in [0.1, 0.15) is 0 Å². The molecule has 11 nitrogen and oxygen atoms in total. The fourth-order valence-corrected chi connectivity index (χ4v) is 3.86. The van der Waals surface area contributed by atoms with Crippen molar-refractivity contribution < 1.29 is 36.0 Å². The molecular weight excluding hydrogens is 529 g/mol. The Kier molecular flexibility index (Phi) is 9.08. The summed E-state index contributed by atoms with van der Waals surface area (Å²) in [5.74, 6) is -1.20. The van der Waals surface area contributed by atoms with Crippen LogP contribution in [-0.2, 0) is 19.7 Å².